The average molecular weight is 1910 g/mol. The number of nitrogens with two attached hydrogens (primary N) is 6. The van der Waals surface area contributed by atoms with Gasteiger partial charge >= 0.3 is 39.1 Å². The molecule has 6 aliphatic heterocycles. The zero-order valence-electron chi connectivity index (χ0n) is 65.2. The zero-order chi connectivity index (χ0) is 91.0. The first kappa shape index (κ1) is 88.8. The number of imidazole rings is 6. The highest BCUT2D eigenvalue weighted by Gasteiger charge is 2.52. The lowest BCUT2D eigenvalue weighted by molar-refractivity contribution is -0.172. The number of nitrogens with zero attached hydrogens (tertiary/aromatic N) is 18. The fraction of sp³-hybridized carbons (Fsp3) is 0.500. The Morgan fingerprint density at radius 1 is 0.287 bits per heavy atom. The lowest BCUT2D eigenvalue weighted by atomic mass is 10.1. The largest absolute Gasteiger partial charge is 0.472 e. The molecule has 0 bridgehead atoms. The molecule has 0 aliphatic carbocycles. The van der Waals surface area contributed by atoms with E-state index in [-0.39, 0.29) is 91.9 Å². The van der Waals surface area contributed by atoms with E-state index < -0.39 is 272 Å². The number of phosphoric acid groups is 5. The molecule has 6 saturated heterocycles. The van der Waals surface area contributed by atoms with Crippen LogP contribution in [0.25, 0.3) is 67.0 Å². The lowest BCUT2D eigenvalue weighted by Gasteiger charge is -2.40. The summed E-state index contributed by atoms with van der Waals surface area (Å²) < 4.78 is 173. The lowest BCUT2D eigenvalue weighted by Crippen LogP contribution is -2.43. The van der Waals surface area contributed by atoms with Crippen LogP contribution in [0.5, 0.6) is 0 Å². The van der Waals surface area contributed by atoms with Gasteiger partial charge in [0.05, 0.1) is 114 Å². The minimum absolute atomic E-state index is 0.0747. The van der Waals surface area contributed by atoms with Crippen LogP contribution in [0.3, 0.4) is 0 Å². The molecule has 18 rings (SSSR count). The van der Waals surface area contributed by atoms with Crippen molar-refractivity contribution >= 4 is 142 Å². The van der Waals surface area contributed by atoms with Crippen molar-refractivity contribution in [2.24, 2.45) is 0 Å². The van der Waals surface area contributed by atoms with Crippen molar-refractivity contribution in [2.75, 3.05) is 74.0 Å². The highest BCUT2D eigenvalue weighted by molar-refractivity contribution is 7.48. The maximum Gasteiger partial charge on any atom is 0.472 e. The molecule has 692 valence electrons. The summed E-state index contributed by atoms with van der Waals surface area (Å²) in [5.74, 6) is -2.38. The van der Waals surface area contributed by atoms with Crippen LogP contribution in [-0.2, 0) is 96.5 Å². The number of aromatic amines is 6. The molecule has 25 N–H and O–H groups in total. The van der Waals surface area contributed by atoms with Crippen LogP contribution in [0.2, 0.25) is 0 Å². The van der Waals surface area contributed by atoms with Gasteiger partial charge in [-0.3, -0.25) is 131 Å². The predicted molar refractivity (Wildman–Crippen MR) is 423 cm³/mol. The van der Waals surface area contributed by atoms with Gasteiger partial charge in [-0.2, -0.15) is 29.9 Å². The fourth-order valence-corrected chi connectivity index (χ4v) is 21.2. The third-order valence-corrected chi connectivity index (χ3v) is 26.2. The Balaban J connectivity index is 0.591. The maximum absolute atomic E-state index is 14.9. The molecule has 64 nitrogen and oxygen atoms in total. The van der Waals surface area contributed by atoms with E-state index >= 15 is 0 Å². The number of hydrogen-bond donors (Lipinski definition) is 19. The minimum Gasteiger partial charge on any atom is -0.391 e. The van der Waals surface area contributed by atoms with E-state index in [9.17, 15) is 86.3 Å². The molecule has 0 amide bonds. The molecular formula is C60H73N30O34P5. The van der Waals surface area contributed by atoms with Gasteiger partial charge in [0.2, 0.25) is 35.7 Å². The monoisotopic (exact) mass is 1910 g/mol. The number of ether oxygens (including phenoxy) is 6. The van der Waals surface area contributed by atoms with E-state index in [2.05, 4.69) is 89.7 Å². The Morgan fingerprint density at radius 3 is 0.690 bits per heavy atom. The van der Waals surface area contributed by atoms with E-state index in [1.807, 2.05) is 0 Å². The van der Waals surface area contributed by atoms with Crippen molar-refractivity contribution < 1.29 is 131 Å². The van der Waals surface area contributed by atoms with Crippen LogP contribution in [-0.4, -0.2) is 265 Å². The SMILES string of the molecule is Nc1nc2c(ncn2[C@@H]2OC[C@@H](OP(=O)(O)O[C@@H]3C[C@H](OP(=O)(O)O[C@@H]4C[C@H](OP(=O)(O)O[C@@H]5C[C@H](OP(=O)(O)O[C@@H]6C[C@H](OP(=O)(O)O[C@@H]7C[C@H](O)CO[C@H]7n7cnc8c(=O)[nH]c(N)nc87)CO[C@H]6n6cnc7c(=O)[nH]c(N)nc76)CO[C@H]5n5cnc6c(=O)[nH]c(N)nc65)CO[C@H]4n4cnc5c(=O)[nH]c(N)nc54)CO[C@H]3n3cnc4c(=O)[nH]c(N)nc43)C[C@H]2O)c(=O)[nH]1. The summed E-state index contributed by atoms with van der Waals surface area (Å²) in [5.41, 5.74) is 27.3. The molecule has 6 fully saturated rings. The number of nitrogens with one attached hydrogen (secondary N) is 6. The number of fused-ring (bicyclic) bond motifs is 6. The summed E-state index contributed by atoms with van der Waals surface area (Å²) in [4.78, 5) is 200. The van der Waals surface area contributed by atoms with Gasteiger partial charge in [0, 0.05) is 38.5 Å². The Labute approximate surface area is 710 Å². The second-order valence-corrected chi connectivity index (χ2v) is 36.6. The van der Waals surface area contributed by atoms with Gasteiger partial charge in [0.1, 0.15) is 36.6 Å². The van der Waals surface area contributed by atoms with E-state index in [4.69, 9.17) is 108 Å². The number of nitrogen functional groups attached to an aromatic ring is 6. The van der Waals surface area contributed by atoms with Crippen LogP contribution in [0.15, 0.2) is 66.7 Å². The van der Waals surface area contributed by atoms with Crippen LogP contribution in [0.4, 0.5) is 35.7 Å². The normalized spacial score (nSPS) is 29.2. The molecule has 0 aromatic carbocycles. The number of phosphoric ester groups is 5. The zero-order valence-corrected chi connectivity index (χ0v) is 69.7. The Morgan fingerprint density at radius 2 is 0.473 bits per heavy atom. The van der Waals surface area contributed by atoms with Gasteiger partial charge in [-0.05, 0) is 0 Å². The van der Waals surface area contributed by atoms with E-state index in [1.54, 1.807) is 0 Å². The number of anilines is 6. The van der Waals surface area contributed by atoms with Crippen LogP contribution < -0.4 is 67.8 Å². The topological polar surface area (TPSA) is 912 Å². The summed E-state index contributed by atoms with van der Waals surface area (Å²) in [6, 6.07) is 0. The molecule has 129 heavy (non-hydrogen) atoms. The van der Waals surface area contributed by atoms with Gasteiger partial charge < -0.3 is 97.5 Å². The molecule has 5 unspecified atom stereocenters. The van der Waals surface area contributed by atoms with Crippen molar-refractivity contribution in [1.29, 1.82) is 0 Å². The fourth-order valence-electron chi connectivity index (χ4n) is 15.7. The summed E-state index contributed by atoms with van der Waals surface area (Å²) in [7, 11) is -28.2. The third-order valence-electron chi connectivity index (χ3n) is 20.7. The molecule has 0 saturated carbocycles. The van der Waals surface area contributed by atoms with Crippen LogP contribution in [0.1, 0.15) is 75.9 Å². The van der Waals surface area contributed by atoms with Gasteiger partial charge in [-0.25, -0.2) is 52.7 Å². The Bertz CT molecular complexity index is 7010. The van der Waals surface area contributed by atoms with Gasteiger partial charge in [0.15, 0.2) is 104 Å². The summed E-state index contributed by atoms with van der Waals surface area (Å²) in [6.07, 6.45) is -27.6. The average Bonchev–Trinajstić information content (AvgIpc) is 1.73. The van der Waals surface area contributed by atoms with Crippen molar-refractivity contribution in [3.8, 4) is 0 Å². The molecular weight excluding hydrogens is 1840 g/mol. The summed E-state index contributed by atoms with van der Waals surface area (Å²) in [6.45, 7) is -3.83. The van der Waals surface area contributed by atoms with E-state index in [1.165, 1.54) is 9.13 Å². The number of hydrogen-bond acceptors (Lipinski definition) is 47. The third kappa shape index (κ3) is 18.3. The Kier molecular flexibility index (Phi) is 23.5. The highest BCUT2D eigenvalue weighted by atomic mass is 31.2. The van der Waals surface area contributed by atoms with Crippen molar-refractivity contribution in [2.45, 2.75) is 149 Å². The standard InChI is InChI=1S/C60H73N30O34P5/c61-55-73-37-31(43(93)79-55)67-13-85(37)49-25(92)2-20(8-110-49)115-125(99,100)121-27-4-22(10-112-51(27)87-15-69-33-39(87)75-57(63)81-45(33)95)117-127(103,104)123-29-6-24(12-114-53(29)89-17-71-35-41(89)77-59(65)83-47(35)97)119-129(107,108)124-30-5-23(11-113-54(30)90-18-72-36-42(90)78-60(66)84-48(36)98)118-128(105,106)122-28-3-21(9-111-52(28)88-16-70-34-40(88)76-58(64)82-46(34)96)116-126(101,102)120-26-1-19(91)7-109-50(26)86-14-68-32-38(86)74-56(62)80-44(32)94/h13-30,49-54,91-92H,1-12H2,(H,99,100)(H,101,102)(H,103,104)(H,105,106)(H,107,108)(H3,61,73,79,93)(H3,62,74,80,94)(H3,63,75,81,95)(H3,64,76,82,96)(H3,65,77,83,97)(H3,66,78,84,98)/t19-,20-,21-,22-,23-,24-,25+,26+,27+,28+,29+,30+,49+,50+,51+,52+,53+,54+/m0/s1. The van der Waals surface area contributed by atoms with Gasteiger partial charge in [-0.15, -0.1) is 0 Å². The van der Waals surface area contributed by atoms with Crippen LogP contribution >= 0.6 is 39.1 Å². The summed E-state index contributed by atoms with van der Waals surface area (Å²) >= 11 is 0. The number of aliphatic hydroxyl groups excluding tert-OH is 2. The highest BCUT2D eigenvalue weighted by Crippen LogP contribution is 2.58. The van der Waals surface area contributed by atoms with Crippen molar-refractivity contribution in [1.82, 2.24) is 117 Å². The molecule has 69 heteroatoms. The number of aromatic nitrogens is 24. The van der Waals surface area contributed by atoms with Crippen molar-refractivity contribution in [3.63, 3.8) is 0 Å². The maximum atomic E-state index is 14.9. The first-order chi connectivity index (χ1) is 61.2. The quantitative estimate of drug-likeness (QED) is 0.0229. The second kappa shape index (κ2) is 34.1. The Hall–Kier alpha value is -10.9. The number of aliphatic hydroxyl groups is 2. The van der Waals surface area contributed by atoms with E-state index in [0.717, 1.165) is 56.2 Å². The molecule has 6 aliphatic rings. The second-order valence-electron chi connectivity index (χ2n) is 29.8. The molecule has 0 spiro atoms. The van der Waals surface area contributed by atoms with Gasteiger partial charge in [0.25, 0.3) is 33.4 Å². The number of H-pyrrole nitrogens is 6. The first-order valence-corrected chi connectivity index (χ1v) is 45.6. The smallest absolute Gasteiger partial charge is 0.391 e. The molecule has 12 aromatic rings. The minimum atomic E-state index is -5.81. The summed E-state index contributed by atoms with van der Waals surface area (Å²) in [5, 5.41) is 22.0. The van der Waals surface area contributed by atoms with Gasteiger partial charge in [-0.1, -0.05) is 0 Å². The first-order valence-electron chi connectivity index (χ1n) is 38.1. The van der Waals surface area contributed by atoms with Crippen LogP contribution in [0, 0.1) is 0 Å². The number of rotatable bonds is 26. The predicted octanol–water partition coefficient (Wildman–Crippen LogP) is -4.13. The molecule has 0 radical (unpaired) electrons. The molecule has 12 aromatic heterocycles. The molecule has 23 atom stereocenters. The van der Waals surface area contributed by atoms with E-state index in [0.29, 0.717) is 0 Å². The van der Waals surface area contributed by atoms with Crippen molar-refractivity contribution in [3.05, 3.63) is 100 Å². The molecule has 18 heterocycles.